The second kappa shape index (κ2) is 15.4. The molecule has 0 nitrogen and oxygen atoms in total. The van der Waals surface area contributed by atoms with Crippen molar-refractivity contribution >= 4 is 18.2 Å². The Bertz CT molecular complexity index is 150. The van der Waals surface area contributed by atoms with E-state index < -0.39 is 0 Å². The fourth-order valence-electron chi connectivity index (χ4n) is 2.55. The van der Waals surface area contributed by atoms with Crippen molar-refractivity contribution in [1.29, 1.82) is 0 Å². The van der Waals surface area contributed by atoms with Crippen LogP contribution in [0.1, 0.15) is 97.3 Å². The molecule has 0 aromatic heterocycles. The molecule has 18 heavy (non-hydrogen) atoms. The van der Waals surface area contributed by atoms with Gasteiger partial charge in [0.1, 0.15) is 0 Å². The summed E-state index contributed by atoms with van der Waals surface area (Å²) in [6.45, 7) is 5.44. The molecule has 0 heterocycles. The first-order chi connectivity index (χ1) is 8.85. The minimum absolute atomic E-state index is 0.791. The van der Waals surface area contributed by atoms with Crippen LogP contribution in [-0.2, 0) is 0 Å². The standard InChI is InChI=1S/C16H34BCl/c1-3-5-7-9-11-13-15-16(17-18)14-12-10-8-6-4-2/h16-17H,3-15H2,1-2H3. The Kier molecular flexibility index (Phi) is 15.7. The molecule has 0 aliphatic carbocycles. The summed E-state index contributed by atoms with van der Waals surface area (Å²) in [6.07, 6.45) is 18.1. The van der Waals surface area contributed by atoms with E-state index in [1.807, 2.05) is 0 Å². The van der Waals surface area contributed by atoms with Crippen molar-refractivity contribution in [3.8, 4) is 0 Å². The maximum Gasteiger partial charge on any atom is 0.236 e. The van der Waals surface area contributed by atoms with Gasteiger partial charge in [-0.3, -0.25) is 0 Å². The zero-order valence-corrected chi connectivity index (χ0v) is 13.6. The molecular formula is C16H34BCl. The normalized spacial score (nSPS) is 12.6. The van der Waals surface area contributed by atoms with Crippen molar-refractivity contribution in [3.63, 3.8) is 0 Å². The maximum atomic E-state index is 6.07. The van der Waals surface area contributed by atoms with Crippen molar-refractivity contribution in [1.82, 2.24) is 0 Å². The van der Waals surface area contributed by atoms with E-state index in [2.05, 4.69) is 13.8 Å². The van der Waals surface area contributed by atoms with Gasteiger partial charge in [0.05, 0.1) is 0 Å². The molecule has 0 radical (unpaired) electrons. The maximum absolute atomic E-state index is 6.07. The van der Waals surface area contributed by atoms with E-state index in [1.54, 1.807) is 0 Å². The Hall–Kier alpha value is 0.355. The van der Waals surface area contributed by atoms with Crippen LogP contribution in [0.2, 0.25) is 5.82 Å². The molecule has 0 aliphatic rings. The van der Waals surface area contributed by atoms with E-state index in [0.29, 0.717) is 0 Å². The lowest BCUT2D eigenvalue weighted by atomic mass is 9.78. The van der Waals surface area contributed by atoms with Crippen molar-refractivity contribution in [2.45, 2.75) is 103 Å². The molecular weight excluding hydrogens is 238 g/mol. The van der Waals surface area contributed by atoms with E-state index in [9.17, 15) is 0 Å². The predicted octanol–water partition coefficient (Wildman–Crippen LogP) is 6.48. The van der Waals surface area contributed by atoms with Gasteiger partial charge in [0.25, 0.3) is 0 Å². The van der Waals surface area contributed by atoms with Crippen LogP contribution in [0.5, 0.6) is 0 Å². The molecule has 1 unspecified atom stereocenters. The van der Waals surface area contributed by atoms with Crippen molar-refractivity contribution in [2.24, 2.45) is 0 Å². The molecule has 1 atom stereocenters. The van der Waals surface area contributed by atoms with Crippen LogP contribution >= 0.6 is 11.5 Å². The average Bonchev–Trinajstić information content (AvgIpc) is 2.40. The van der Waals surface area contributed by atoms with Gasteiger partial charge in [-0.1, -0.05) is 103 Å². The van der Waals surface area contributed by atoms with E-state index in [1.165, 1.54) is 83.5 Å². The Morgan fingerprint density at radius 3 is 1.44 bits per heavy atom. The first-order valence-corrected chi connectivity index (χ1v) is 8.94. The number of halogens is 1. The first-order valence-electron chi connectivity index (χ1n) is 8.41. The molecule has 0 aromatic carbocycles. The summed E-state index contributed by atoms with van der Waals surface area (Å²) in [5.41, 5.74) is 0. The minimum Gasteiger partial charge on any atom is -0.201 e. The summed E-state index contributed by atoms with van der Waals surface area (Å²) in [5, 5.41) is 0. The van der Waals surface area contributed by atoms with Crippen LogP contribution in [0.3, 0.4) is 0 Å². The second-order valence-electron chi connectivity index (χ2n) is 5.78. The third-order valence-corrected chi connectivity index (χ3v) is 4.34. The van der Waals surface area contributed by atoms with Crippen LogP contribution in [0, 0.1) is 0 Å². The quantitative estimate of drug-likeness (QED) is 0.251. The lowest BCUT2D eigenvalue weighted by Gasteiger charge is -2.12. The average molecular weight is 273 g/mol. The SMILES string of the molecule is CCCCCCCCC(BCl)CCCCCCC. The molecule has 0 saturated carbocycles. The van der Waals surface area contributed by atoms with Gasteiger partial charge < -0.3 is 0 Å². The van der Waals surface area contributed by atoms with Crippen molar-refractivity contribution in [2.75, 3.05) is 0 Å². The van der Waals surface area contributed by atoms with Gasteiger partial charge >= 0.3 is 0 Å². The van der Waals surface area contributed by atoms with E-state index in [4.69, 9.17) is 11.5 Å². The van der Waals surface area contributed by atoms with Crippen molar-refractivity contribution in [3.05, 3.63) is 0 Å². The lowest BCUT2D eigenvalue weighted by Crippen LogP contribution is -1.99. The summed E-state index contributed by atoms with van der Waals surface area (Å²) in [6, 6.07) is 0. The molecule has 108 valence electrons. The summed E-state index contributed by atoms with van der Waals surface area (Å²) >= 11 is 6.07. The molecule has 0 fully saturated rings. The topological polar surface area (TPSA) is 0 Å². The molecule has 0 aliphatic heterocycles. The minimum atomic E-state index is 0.791. The van der Waals surface area contributed by atoms with Gasteiger partial charge in [0.2, 0.25) is 6.69 Å². The zero-order chi connectivity index (χ0) is 13.5. The second-order valence-corrected chi connectivity index (χ2v) is 6.09. The largest absolute Gasteiger partial charge is 0.236 e. The molecule has 0 aromatic rings. The summed E-state index contributed by atoms with van der Waals surface area (Å²) in [4.78, 5) is 0. The van der Waals surface area contributed by atoms with Crippen LogP contribution in [0.4, 0.5) is 0 Å². The summed E-state index contributed by atoms with van der Waals surface area (Å²) in [7, 11) is 0. The third kappa shape index (κ3) is 12.8. The Balaban J connectivity index is 3.29. The van der Waals surface area contributed by atoms with Gasteiger partial charge in [-0.05, 0) is 0 Å². The molecule has 0 amide bonds. The fourth-order valence-corrected chi connectivity index (χ4v) is 2.86. The summed E-state index contributed by atoms with van der Waals surface area (Å²) in [5.74, 6) is 0.791. The Morgan fingerprint density at radius 2 is 1.06 bits per heavy atom. The van der Waals surface area contributed by atoms with Gasteiger partial charge in [-0.25, -0.2) is 11.5 Å². The molecule has 0 saturated heterocycles. The predicted molar refractivity (Wildman–Crippen MR) is 88.1 cm³/mol. The third-order valence-electron chi connectivity index (χ3n) is 3.90. The molecule has 0 rings (SSSR count). The van der Waals surface area contributed by atoms with Crippen LogP contribution in [-0.4, -0.2) is 6.69 Å². The van der Waals surface area contributed by atoms with Crippen LogP contribution in [0.25, 0.3) is 0 Å². The fraction of sp³-hybridized carbons (Fsp3) is 1.00. The Labute approximate surface area is 121 Å². The molecule has 0 N–H and O–H groups in total. The zero-order valence-electron chi connectivity index (χ0n) is 12.9. The molecule has 0 bridgehead atoms. The number of rotatable bonds is 14. The van der Waals surface area contributed by atoms with E-state index in [-0.39, 0.29) is 0 Å². The highest BCUT2D eigenvalue weighted by Crippen LogP contribution is 2.23. The van der Waals surface area contributed by atoms with Gasteiger partial charge in [-0.15, -0.1) is 0 Å². The van der Waals surface area contributed by atoms with Gasteiger partial charge in [0.15, 0.2) is 0 Å². The van der Waals surface area contributed by atoms with Crippen LogP contribution < -0.4 is 0 Å². The van der Waals surface area contributed by atoms with Crippen molar-refractivity contribution < 1.29 is 0 Å². The lowest BCUT2D eigenvalue weighted by molar-refractivity contribution is 0.537. The highest BCUT2D eigenvalue weighted by molar-refractivity contribution is 6.94. The van der Waals surface area contributed by atoms with Gasteiger partial charge in [-0.2, -0.15) is 0 Å². The van der Waals surface area contributed by atoms with Gasteiger partial charge in [0, 0.05) is 0 Å². The van der Waals surface area contributed by atoms with Crippen LogP contribution in [0.15, 0.2) is 0 Å². The first kappa shape index (κ1) is 18.4. The highest BCUT2D eigenvalue weighted by atomic mass is 35.5. The van der Waals surface area contributed by atoms with E-state index in [0.717, 1.165) is 12.5 Å². The number of hydrogen-bond donors (Lipinski definition) is 0. The highest BCUT2D eigenvalue weighted by Gasteiger charge is 2.08. The smallest absolute Gasteiger partial charge is 0.201 e. The summed E-state index contributed by atoms with van der Waals surface area (Å²) < 4.78 is 0. The van der Waals surface area contributed by atoms with E-state index >= 15 is 0 Å². The number of unbranched alkanes of at least 4 members (excludes halogenated alkanes) is 9. The number of hydrogen-bond acceptors (Lipinski definition) is 0. The molecule has 2 heteroatoms. The monoisotopic (exact) mass is 272 g/mol. The molecule has 0 spiro atoms. The Morgan fingerprint density at radius 1 is 0.667 bits per heavy atom.